The highest BCUT2D eigenvalue weighted by atomic mass is 19.4. The number of pyridine rings is 1. The minimum absolute atomic E-state index is 0.123. The number of piperazine rings is 1. The van der Waals surface area contributed by atoms with Crippen LogP contribution in [-0.2, 0) is 12.7 Å². The van der Waals surface area contributed by atoms with Gasteiger partial charge in [0.2, 0.25) is 5.82 Å². The Morgan fingerprint density at radius 1 is 1.10 bits per heavy atom. The van der Waals surface area contributed by atoms with Gasteiger partial charge in [0.15, 0.2) is 5.65 Å². The number of hydrogen-bond acceptors (Lipinski definition) is 4. The monoisotopic (exact) mass is 432 g/mol. The van der Waals surface area contributed by atoms with E-state index in [1.165, 1.54) is 12.3 Å². The summed E-state index contributed by atoms with van der Waals surface area (Å²) in [6.45, 7) is 4.68. The summed E-state index contributed by atoms with van der Waals surface area (Å²) in [5.74, 6) is -0.933. The molecule has 0 radical (unpaired) electrons. The first-order valence-corrected chi connectivity index (χ1v) is 10.0. The van der Waals surface area contributed by atoms with Crippen LogP contribution in [0, 0.1) is 6.92 Å². The molecule has 1 aliphatic rings. The molecular formula is C21H23F3N6O. The van der Waals surface area contributed by atoms with Crippen LogP contribution in [0.3, 0.4) is 0 Å². The van der Waals surface area contributed by atoms with E-state index >= 15 is 0 Å². The van der Waals surface area contributed by atoms with E-state index in [0.717, 1.165) is 15.8 Å². The van der Waals surface area contributed by atoms with Gasteiger partial charge in [-0.05, 0) is 36.8 Å². The van der Waals surface area contributed by atoms with Crippen LogP contribution in [0.15, 0.2) is 42.6 Å². The number of halogens is 3. The van der Waals surface area contributed by atoms with Gasteiger partial charge in [-0.25, -0.2) is 14.8 Å². The van der Waals surface area contributed by atoms with E-state index in [0.29, 0.717) is 32.7 Å². The minimum Gasteiger partial charge on any atom is -0.322 e. The summed E-state index contributed by atoms with van der Waals surface area (Å²) < 4.78 is 41.4. The number of aromatic nitrogens is 3. The highest BCUT2D eigenvalue weighted by Crippen LogP contribution is 2.30. The molecule has 3 heterocycles. The fourth-order valence-electron chi connectivity index (χ4n) is 3.73. The summed E-state index contributed by atoms with van der Waals surface area (Å²) in [6, 6.07) is 10.5. The van der Waals surface area contributed by atoms with Gasteiger partial charge in [0.25, 0.3) is 0 Å². The van der Waals surface area contributed by atoms with Crippen LogP contribution in [0.2, 0.25) is 0 Å². The third-order valence-corrected chi connectivity index (χ3v) is 5.33. The average Bonchev–Trinajstić information content (AvgIpc) is 3.12. The van der Waals surface area contributed by atoms with Crippen molar-refractivity contribution in [3.8, 4) is 0 Å². The summed E-state index contributed by atoms with van der Waals surface area (Å²) in [6.07, 6.45) is -3.08. The standard InChI is InChI=1S/C21H23F3N6O/c1-15-4-2-5-16(14-15)26-20(31)29-11-8-28(9-12-29)10-13-30-18-17(6-3-7-25-18)27-19(30)21(22,23)24/h2-7,14H,8-13H2,1H3,(H,26,31). The molecule has 2 aromatic heterocycles. The first-order valence-electron chi connectivity index (χ1n) is 10.0. The van der Waals surface area contributed by atoms with E-state index in [4.69, 9.17) is 0 Å². The molecule has 1 saturated heterocycles. The van der Waals surface area contributed by atoms with E-state index in [1.807, 2.05) is 36.1 Å². The number of alkyl halides is 3. The van der Waals surface area contributed by atoms with Gasteiger partial charge in [0.1, 0.15) is 5.52 Å². The molecule has 0 saturated carbocycles. The van der Waals surface area contributed by atoms with Gasteiger partial charge >= 0.3 is 12.2 Å². The third-order valence-electron chi connectivity index (χ3n) is 5.33. The Kier molecular flexibility index (Phi) is 5.81. The molecule has 0 aliphatic carbocycles. The molecule has 1 aliphatic heterocycles. The second kappa shape index (κ2) is 8.54. The molecule has 0 unspecified atom stereocenters. The van der Waals surface area contributed by atoms with Crippen LogP contribution in [-0.4, -0.2) is 63.1 Å². The summed E-state index contributed by atoms with van der Waals surface area (Å²) in [4.78, 5) is 24.1. The Hall–Kier alpha value is -3.14. The van der Waals surface area contributed by atoms with E-state index in [9.17, 15) is 18.0 Å². The average molecular weight is 432 g/mol. The Balaban J connectivity index is 1.35. The molecule has 1 aromatic carbocycles. The summed E-state index contributed by atoms with van der Waals surface area (Å²) >= 11 is 0. The number of anilines is 1. The van der Waals surface area contributed by atoms with Crippen molar-refractivity contribution in [1.82, 2.24) is 24.3 Å². The first kappa shape index (κ1) is 21.1. The van der Waals surface area contributed by atoms with Crippen LogP contribution >= 0.6 is 0 Å². The largest absolute Gasteiger partial charge is 0.449 e. The summed E-state index contributed by atoms with van der Waals surface area (Å²) in [5, 5.41) is 2.89. The number of amides is 2. The van der Waals surface area contributed by atoms with Crippen LogP contribution in [0.1, 0.15) is 11.4 Å². The highest BCUT2D eigenvalue weighted by molar-refractivity contribution is 5.89. The Labute approximate surface area is 177 Å². The number of urea groups is 1. The van der Waals surface area contributed by atoms with Gasteiger partial charge in [-0.3, -0.25) is 4.90 Å². The predicted octanol–water partition coefficient (Wildman–Crippen LogP) is 3.61. The number of nitrogens with zero attached hydrogens (tertiary/aromatic N) is 5. The number of aryl methyl sites for hydroxylation is 1. The third kappa shape index (κ3) is 4.79. The zero-order valence-corrected chi connectivity index (χ0v) is 17.1. The molecule has 0 bridgehead atoms. The van der Waals surface area contributed by atoms with Crippen molar-refractivity contribution in [3.63, 3.8) is 0 Å². The van der Waals surface area contributed by atoms with Crippen LogP contribution in [0.4, 0.5) is 23.7 Å². The van der Waals surface area contributed by atoms with Crippen LogP contribution in [0.25, 0.3) is 11.2 Å². The molecule has 0 atom stereocenters. The lowest BCUT2D eigenvalue weighted by Crippen LogP contribution is -2.50. The predicted molar refractivity (Wildman–Crippen MR) is 111 cm³/mol. The lowest BCUT2D eigenvalue weighted by Gasteiger charge is -2.34. The SMILES string of the molecule is Cc1cccc(NC(=O)N2CCN(CCn3c(C(F)(F)F)nc4cccnc43)CC2)c1. The maximum absolute atomic E-state index is 13.4. The van der Waals surface area contributed by atoms with Crippen LogP contribution < -0.4 is 5.32 Å². The first-order chi connectivity index (χ1) is 14.8. The second-order valence-electron chi connectivity index (χ2n) is 7.56. The molecule has 31 heavy (non-hydrogen) atoms. The zero-order chi connectivity index (χ0) is 22.0. The van der Waals surface area contributed by atoms with E-state index in [2.05, 4.69) is 15.3 Å². The lowest BCUT2D eigenvalue weighted by atomic mass is 10.2. The van der Waals surface area contributed by atoms with Gasteiger partial charge in [-0.1, -0.05) is 12.1 Å². The molecular weight excluding hydrogens is 409 g/mol. The summed E-state index contributed by atoms with van der Waals surface area (Å²) in [7, 11) is 0. The van der Waals surface area contributed by atoms with Crippen molar-refractivity contribution < 1.29 is 18.0 Å². The van der Waals surface area contributed by atoms with Crippen molar-refractivity contribution in [3.05, 3.63) is 54.0 Å². The maximum Gasteiger partial charge on any atom is 0.449 e. The topological polar surface area (TPSA) is 66.3 Å². The van der Waals surface area contributed by atoms with E-state index < -0.39 is 12.0 Å². The second-order valence-corrected chi connectivity index (χ2v) is 7.56. The normalized spacial score (nSPS) is 15.4. The Morgan fingerprint density at radius 2 is 1.87 bits per heavy atom. The maximum atomic E-state index is 13.4. The highest BCUT2D eigenvalue weighted by Gasteiger charge is 2.38. The smallest absolute Gasteiger partial charge is 0.322 e. The number of nitrogens with one attached hydrogen (secondary N) is 1. The number of hydrogen-bond donors (Lipinski definition) is 1. The minimum atomic E-state index is -4.55. The fourth-order valence-corrected chi connectivity index (χ4v) is 3.73. The number of imidazole rings is 1. The van der Waals surface area contributed by atoms with Gasteiger partial charge in [-0.2, -0.15) is 13.2 Å². The van der Waals surface area contributed by atoms with Gasteiger partial charge in [0.05, 0.1) is 0 Å². The molecule has 0 spiro atoms. The molecule has 2 amide bonds. The van der Waals surface area contributed by atoms with Crippen molar-refractivity contribution in [2.45, 2.75) is 19.6 Å². The fraction of sp³-hybridized carbons (Fsp3) is 0.381. The molecule has 7 nitrogen and oxygen atoms in total. The Bertz CT molecular complexity index is 1070. The molecule has 1 N–H and O–H groups in total. The van der Waals surface area contributed by atoms with Crippen molar-refractivity contribution >= 4 is 22.9 Å². The van der Waals surface area contributed by atoms with Crippen molar-refractivity contribution in [2.75, 3.05) is 38.0 Å². The lowest BCUT2D eigenvalue weighted by molar-refractivity contribution is -0.147. The van der Waals surface area contributed by atoms with Crippen molar-refractivity contribution in [1.29, 1.82) is 0 Å². The number of benzene rings is 1. The van der Waals surface area contributed by atoms with Crippen LogP contribution in [0.5, 0.6) is 0 Å². The van der Waals surface area contributed by atoms with E-state index in [1.54, 1.807) is 11.0 Å². The van der Waals surface area contributed by atoms with Gasteiger partial charge in [-0.15, -0.1) is 0 Å². The number of carbonyl (C=O) groups excluding carboxylic acids is 1. The molecule has 3 aromatic rings. The molecule has 10 heteroatoms. The van der Waals surface area contributed by atoms with Gasteiger partial charge < -0.3 is 14.8 Å². The van der Waals surface area contributed by atoms with Crippen molar-refractivity contribution in [2.24, 2.45) is 0 Å². The number of carbonyl (C=O) groups is 1. The zero-order valence-electron chi connectivity index (χ0n) is 17.1. The van der Waals surface area contributed by atoms with Gasteiger partial charge in [0, 0.05) is 51.2 Å². The number of fused-ring (bicyclic) bond motifs is 1. The summed E-state index contributed by atoms with van der Waals surface area (Å²) in [5.41, 5.74) is 2.26. The Morgan fingerprint density at radius 3 is 2.58 bits per heavy atom. The molecule has 164 valence electrons. The van der Waals surface area contributed by atoms with E-state index in [-0.39, 0.29) is 23.7 Å². The molecule has 1 fully saturated rings. The quantitative estimate of drug-likeness (QED) is 0.684. The number of rotatable bonds is 4. The molecule has 4 rings (SSSR count).